The molecule has 0 N–H and O–H groups in total. The van der Waals surface area contributed by atoms with Crippen LogP contribution in [0.4, 0.5) is 0 Å². The van der Waals surface area contributed by atoms with E-state index in [1.807, 2.05) is 31.9 Å². The molecule has 6 heteroatoms. The summed E-state index contributed by atoms with van der Waals surface area (Å²) in [6, 6.07) is 7.26. The highest BCUT2D eigenvalue weighted by atomic mass is 16.5. The molecule has 144 valence electrons. The Labute approximate surface area is 156 Å². The van der Waals surface area contributed by atoms with Crippen molar-refractivity contribution in [2.75, 3.05) is 40.4 Å². The minimum atomic E-state index is -0.367. The Kier molecular flexibility index (Phi) is 7.45. The Bertz CT molecular complexity index is 610. The Morgan fingerprint density at radius 3 is 2.58 bits per heavy atom. The zero-order valence-corrected chi connectivity index (χ0v) is 16.2. The Balaban J connectivity index is 1.74. The van der Waals surface area contributed by atoms with Crippen LogP contribution in [0.25, 0.3) is 0 Å². The lowest BCUT2D eigenvalue weighted by Crippen LogP contribution is -2.44. The van der Waals surface area contributed by atoms with Crippen LogP contribution in [0.1, 0.15) is 37.0 Å². The molecule has 0 unspecified atom stereocenters. The number of methoxy groups -OCH3 is 1. The highest BCUT2D eigenvalue weighted by Gasteiger charge is 2.27. The fourth-order valence-corrected chi connectivity index (χ4v) is 3.07. The van der Waals surface area contributed by atoms with Crippen molar-refractivity contribution < 1.29 is 19.1 Å². The number of hydrogen-bond donors (Lipinski definition) is 0. The van der Waals surface area contributed by atoms with Crippen LogP contribution in [0.3, 0.4) is 0 Å². The van der Waals surface area contributed by atoms with Gasteiger partial charge in [-0.15, -0.1) is 0 Å². The standard InChI is InChI=1S/C20H30N2O4/c1-15(2)21(3)19(23)16-8-10-22(11-9-16)12-13-26-18-7-5-6-17(14-18)20(24)25-4/h5-7,14-16H,8-13H2,1-4H3. The average Bonchev–Trinajstić information content (AvgIpc) is 2.67. The normalized spacial score (nSPS) is 15.7. The van der Waals surface area contributed by atoms with E-state index in [2.05, 4.69) is 4.90 Å². The molecule has 1 fully saturated rings. The second-order valence-electron chi connectivity index (χ2n) is 7.03. The van der Waals surface area contributed by atoms with Gasteiger partial charge in [-0.1, -0.05) is 6.07 Å². The first-order valence-corrected chi connectivity index (χ1v) is 9.22. The molecule has 0 saturated carbocycles. The van der Waals surface area contributed by atoms with Gasteiger partial charge in [0.05, 0.1) is 12.7 Å². The van der Waals surface area contributed by atoms with Gasteiger partial charge in [-0.3, -0.25) is 9.69 Å². The van der Waals surface area contributed by atoms with E-state index >= 15 is 0 Å². The zero-order chi connectivity index (χ0) is 19.1. The number of hydrogen-bond acceptors (Lipinski definition) is 5. The van der Waals surface area contributed by atoms with E-state index in [0.717, 1.165) is 32.5 Å². The molecule has 2 rings (SSSR count). The van der Waals surface area contributed by atoms with Gasteiger partial charge in [-0.2, -0.15) is 0 Å². The molecule has 0 radical (unpaired) electrons. The van der Waals surface area contributed by atoms with E-state index in [-0.39, 0.29) is 23.8 Å². The van der Waals surface area contributed by atoms with Crippen LogP contribution in [-0.4, -0.2) is 68.1 Å². The SMILES string of the molecule is COC(=O)c1cccc(OCCN2CCC(C(=O)N(C)C(C)C)CC2)c1. The molecule has 0 aromatic heterocycles. The van der Waals surface area contributed by atoms with Crippen LogP contribution in [0.2, 0.25) is 0 Å². The van der Waals surface area contributed by atoms with E-state index in [9.17, 15) is 9.59 Å². The lowest BCUT2D eigenvalue weighted by Gasteiger charge is -2.34. The zero-order valence-electron chi connectivity index (χ0n) is 16.2. The molecular formula is C20H30N2O4. The van der Waals surface area contributed by atoms with E-state index in [0.29, 0.717) is 17.9 Å². The third kappa shape index (κ3) is 5.46. The van der Waals surface area contributed by atoms with Crippen LogP contribution in [-0.2, 0) is 9.53 Å². The topological polar surface area (TPSA) is 59.1 Å². The van der Waals surface area contributed by atoms with Gasteiger partial charge in [-0.05, 0) is 58.0 Å². The molecule has 0 atom stereocenters. The molecular weight excluding hydrogens is 332 g/mol. The van der Waals surface area contributed by atoms with E-state index in [1.54, 1.807) is 18.2 Å². The van der Waals surface area contributed by atoms with Gasteiger partial charge >= 0.3 is 5.97 Å². The van der Waals surface area contributed by atoms with Gasteiger partial charge in [0, 0.05) is 25.6 Å². The van der Waals surface area contributed by atoms with Crippen LogP contribution in [0.5, 0.6) is 5.75 Å². The summed E-state index contributed by atoms with van der Waals surface area (Å²) in [4.78, 5) is 28.1. The molecule has 1 aromatic carbocycles. The Morgan fingerprint density at radius 1 is 1.27 bits per heavy atom. The predicted molar refractivity (Wildman–Crippen MR) is 100 cm³/mol. The number of piperidine rings is 1. The number of likely N-dealkylation sites (tertiary alicyclic amines) is 1. The molecule has 1 saturated heterocycles. The monoisotopic (exact) mass is 362 g/mol. The molecule has 0 aliphatic carbocycles. The van der Waals surface area contributed by atoms with E-state index in [1.165, 1.54) is 7.11 Å². The number of amides is 1. The number of esters is 1. The largest absolute Gasteiger partial charge is 0.492 e. The van der Waals surface area contributed by atoms with Crippen molar-refractivity contribution in [2.45, 2.75) is 32.7 Å². The van der Waals surface area contributed by atoms with Crippen LogP contribution in [0, 0.1) is 5.92 Å². The van der Waals surface area contributed by atoms with E-state index < -0.39 is 0 Å². The summed E-state index contributed by atoms with van der Waals surface area (Å²) in [5, 5.41) is 0. The summed E-state index contributed by atoms with van der Waals surface area (Å²) < 4.78 is 10.5. The lowest BCUT2D eigenvalue weighted by molar-refractivity contribution is -0.137. The molecule has 1 amide bonds. The molecule has 26 heavy (non-hydrogen) atoms. The third-order valence-corrected chi connectivity index (χ3v) is 4.99. The maximum atomic E-state index is 12.4. The van der Waals surface area contributed by atoms with Crippen molar-refractivity contribution in [2.24, 2.45) is 5.92 Å². The number of ether oxygens (including phenoxy) is 2. The van der Waals surface area contributed by atoms with Crippen molar-refractivity contribution in [3.63, 3.8) is 0 Å². The lowest BCUT2D eigenvalue weighted by atomic mass is 9.95. The predicted octanol–water partition coefficient (Wildman–Crippen LogP) is 2.43. The summed E-state index contributed by atoms with van der Waals surface area (Å²) in [7, 11) is 3.25. The molecule has 0 spiro atoms. The smallest absolute Gasteiger partial charge is 0.337 e. The maximum Gasteiger partial charge on any atom is 0.337 e. The van der Waals surface area contributed by atoms with Crippen LogP contribution in [0.15, 0.2) is 24.3 Å². The van der Waals surface area contributed by atoms with Gasteiger partial charge in [0.1, 0.15) is 12.4 Å². The van der Waals surface area contributed by atoms with Crippen LogP contribution < -0.4 is 4.74 Å². The number of rotatable bonds is 7. The number of carbonyl (C=O) groups excluding carboxylic acids is 2. The Hall–Kier alpha value is -2.08. The fraction of sp³-hybridized carbons (Fsp3) is 0.600. The first-order chi connectivity index (χ1) is 12.4. The quantitative estimate of drug-likeness (QED) is 0.697. The summed E-state index contributed by atoms with van der Waals surface area (Å²) in [6.07, 6.45) is 1.79. The second-order valence-corrected chi connectivity index (χ2v) is 7.03. The number of carbonyl (C=O) groups is 2. The highest BCUT2D eigenvalue weighted by Crippen LogP contribution is 2.20. The van der Waals surface area contributed by atoms with Gasteiger partial charge in [0.25, 0.3) is 0 Å². The van der Waals surface area contributed by atoms with Gasteiger partial charge in [0.2, 0.25) is 5.91 Å². The molecule has 6 nitrogen and oxygen atoms in total. The van der Waals surface area contributed by atoms with Crippen molar-refractivity contribution in [1.29, 1.82) is 0 Å². The number of benzene rings is 1. The minimum Gasteiger partial charge on any atom is -0.492 e. The first kappa shape index (κ1) is 20.2. The van der Waals surface area contributed by atoms with Crippen molar-refractivity contribution in [3.05, 3.63) is 29.8 Å². The van der Waals surface area contributed by atoms with Crippen LogP contribution >= 0.6 is 0 Å². The van der Waals surface area contributed by atoms with Crippen molar-refractivity contribution in [1.82, 2.24) is 9.80 Å². The summed E-state index contributed by atoms with van der Waals surface area (Å²) in [5.74, 6) is 0.692. The van der Waals surface area contributed by atoms with E-state index in [4.69, 9.17) is 9.47 Å². The first-order valence-electron chi connectivity index (χ1n) is 9.22. The molecule has 0 bridgehead atoms. The number of nitrogens with zero attached hydrogens (tertiary/aromatic N) is 2. The summed E-state index contributed by atoms with van der Waals surface area (Å²) in [6.45, 7) is 7.26. The Morgan fingerprint density at radius 2 is 1.96 bits per heavy atom. The summed E-state index contributed by atoms with van der Waals surface area (Å²) >= 11 is 0. The second kappa shape index (κ2) is 9.57. The third-order valence-electron chi connectivity index (χ3n) is 4.99. The average molecular weight is 362 g/mol. The molecule has 1 aliphatic heterocycles. The fourth-order valence-electron chi connectivity index (χ4n) is 3.07. The summed E-state index contributed by atoms with van der Waals surface area (Å²) in [5.41, 5.74) is 0.485. The van der Waals surface area contributed by atoms with Gasteiger partial charge in [-0.25, -0.2) is 4.79 Å². The highest BCUT2D eigenvalue weighted by molar-refractivity contribution is 5.89. The van der Waals surface area contributed by atoms with Crippen molar-refractivity contribution in [3.8, 4) is 5.75 Å². The van der Waals surface area contributed by atoms with Gasteiger partial charge in [0.15, 0.2) is 0 Å². The molecule has 1 heterocycles. The maximum absolute atomic E-state index is 12.4. The van der Waals surface area contributed by atoms with Gasteiger partial charge < -0.3 is 14.4 Å². The molecule has 1 aliphatic rings. The van der Waals surface area contributed by atoms with Crippen molar-refractivity contribution >= 4 is 11.9 Å². The minimum absolute atomic E-state index is 0.135. The molecule has 1 aromatic rings.